The van der Waals surface area contributed by atoms with Crippen LogP contribution in [0.3, 0.4) is 0 Å². The summed E-state index contributed by atoms with van der Waals surface area (Å²) in [5.41, 5.74) is 1.67. The second kappa shape index (κ2) is 5.67. The number of fused-ring (bicyclic) bond motifs is 1. The average Bonchev–Trinajstić information content (AvgIpc) is 2.91. The molecule has 0 atom stereocenters. The molecular weight excluding hydrogens is 407 g/mol. The molecule has 1 aromatic carbocycles. The van der Waals surface area contributed by atoms with Gasteiger partial charge in [-0.1, -0.05) is 29.8 Å². The second-order valence-corrected chi connectivity index (χ2v) is 6.44. The minimum atomic E-state index is -0.0346. The lowest BCUT2D eigenvalue weighted by Crippen LogP contribution is -2.17. The van der Waals surface area contributed by atoms with Crippen molar-refractivity contribution in [2.24, 2.45) is 0 Å². The summed E-state index contributed by atoms with van der Waals surface area (Å²) in [6.07, 6.45) is 5.51. The van der Waals surface area contributed by atoms with E-state index < -0.39 is 0 Å². The standard InChI is InChI=1S/C14H8ClIN2OS/c15-10-4-1-9(2-5-10)3-6-11-12(16)13(19)18-7-8-20-14(18)17-11/h1-8H. The van der Waals surface area contributed by atoms with Crippen LogP contribution in [0.5, 0.6) is 0 Å². The molecule has 3 nitrogen and oxygen atoms in total. The lowest BCUT2D eigenvalue weighted by molar-refractivity contribution is 1.05. The third-order valence-electron chi connectivity index (χ3n) is 2.74. The van der Waals surface area contributed by atoms with Crippen LogP contribution in [0.4, 0.5) is 0 Å². The number of rotatable bonds is 2. The van der Waals surface area contributed by atoms with Gasteiger partial charge in [-0.3, -0.25) is 9.20 Å². The molecule has 0 radical (unpaired) electrons. The molecule has 0 amide bonds. The highest BCUT2D eigenvalue weighted by Crippen LogP contribution is 2.15. The van der Waals surface area contributed by atoms with Crippen LogP contribution in [0.25, 0.3) is 17.1 Å². The van der Waals surface area contributed by atoms with Crippen LogP contribution >= 0.6 is 45.5 Å². The fraction of sp³-hybridized carbons (Fsp3) is 0. The molecule has 0 saturated carbocycles. The maximum atomic E-state index is 12.1. The van der Waals surface area contributed by atoms with Crippen LogP contribution in [-0.4, -0.2) is 9.38 Å². The van der Waals surface area contributed by atoms with E-state index in [1.165, 1.54) is 11.3 Å². The van der Waals surface area contributed by atoms with E-state index in [0.29, 0.717) is 19.2 Å². The van der Waals surface area contributed by atoms with Gasteiger partial charge in [0.25, 0.3) is 5.56 Å². The Morgan fingerprint density at radius 2 is 2.00 bits per heavy atom. The van der Waals surface area contributed by atoms with Crippen LogP contribution in [0.2, 0.25) is 5.02 Å². The van der Waals surface area contributed by atoms with Crippen molar-refractivity contribution in [2.45, 2.75) is 0 Å². The summed E-state index contributed by atoms with van der Waals surface area (Å²) in [5.74, 6) is 0. The van der Waals surface area contributed by atoms with Gasteiger partial charge in [0.2, 0.25) is 0 Å². The normalized spacial score (nSPS) is 11.5. The van der Waals surface area contributed by atoms with Gasteiger partial charge >= 0.3 is 0 Å². The summed E-state index contributed by atoms with van der Waals surface area (Å²) in [4.78, 5) is 17.3. The average molecular weight is 415 g/mol. The maximum absolute atomic E-state index is 12.1. The number of benzene rings is 1. The predicted octanol–water partition coefficient (Wildman–Crippen LogP) is 4.18. The number of thiazole rings is 1. The molecule has 6 heteroatoms. The van der Waals surface area contributed by atoms with E-state index in [2.05, 4.69) is 4.98 Å². The highest BCUT2D eigenvalue weighted by atomic mass is 127. The third kappa shape index (κ3) is 2.65. The lowest BCUT2D eigenvalue weighted by Gasteiger charge is -1.99. The Balaban J connectivity index is 2.04. The van der Waals surface area contributed by atoms with Gasteiger partial charge < -0.3 is 0 Å². The van der Waals surface area contributed by atoms with Crippen molar-refractivity contribution >= 4 is 62.6 Å². The number of halogens is 2. The van der Waals surface area contributed by atoms with Gasteiger partial charge in [-0.15, -0.1) is 11.3 Å². The molecular formula is C14H8ClIN2OS. The zero-order valence-corrected chi connectivity index (χ0v) is 13.8. The topological polar surface area (TPSA) is 34.4 Å². The largest absolute Gasteiger partial charge is 0.272 e. The fourth-order valence-electron chi connectivity index (χ4n) is 1.73. The highest BCUT2D eigenvalue weighted by Gasteiger charge is 2.08. The first-order valence-electron chi connectivity index (χ1n) is 5.74. The first-order valence-corrected chi connectivity index (χ1v) is 8.08. The van der Waals surface area contributed by atoms with Crippen molar-refractivity contribution in [3.63, 3.8) is 0 Å². The molecule has 0 spiro atoms. The van der Waals surface area contributed by atoms with E-state index in [0.717, 1.165) is 5.56 Å². The summed E-state index contributed by atoms with van der Waals surface area (Å²) in [6.45, 7) is 0. The Kier molecular flexibility index (Phi) is 3.91. The van der Waals surface area contributed by atoms with Crippen molar-refractivity contribution in [1.29, 1.82) is 0 Å². The van der Waals surface area contributed by atoms with E-state index in [1.807, 2.05) is 64.4 Å². The van der Waals surface area contributed by atoms with Gasteiger partial charge in [0.15, 0.2) is 4.96 Å². The van der Waals surface area contributed by atoms with Gasteiger partial charge in [-0.25, -0.2) is 4.98 Å². The molecule has 0 aliphatic heterocycles. The minimum Gasteiger partial charge on any atom is -0.268 e. The summed E-state index contributed by atoms with van der Waals surface area (Å²) < 4.78 is 2.18. The van der Waals surface area contributed by atoms with Crippen molar-refractivity contribution in [3.8, 4) is 0 Å². The molecule has 2 heterocycles. The Bertz CT molecular complexity index is 852. The molecule has 20 heavy (non-hydrogen) atoms. The summed E-state index contributed by atoms with van der Waals surface area (Å²) in [6, 6.07) is 7.50. The molecule has 3 rings (SSSR count). The van der Waals surface area contributed by atoms with E-state index in [-0.39, 0.29) is 5.56 Å². The van der Waals surface area contributed by atoms with Gasteiger partial charge in [0.05, 0.1) is 5.69 Å². The number of nitrogens with zero attached hydrogens (tertiary/aromatic N) is 2. The Morgan fingerprint density at radius 1 is 1.25 bits per heavy atom. The number of hydrogen-bond donors (Lipinski definition) is 0. The van der Waals surface area contributed by atoms with E-state index in [4.69, 9.17) is 11.6 Å². The minimum absolute atomic E-state index is 0.0346. The van der Waals surface area contributed by atoms with Crippen LogP contribution < -0.4 is 5.56 Å². The van der Waals surface area contributed by atoms with E-state index >= 15 is 0 Å². The van der Waals surface area contributed by atoms with Crippen LogP contribution in [0, 0.1) is 3.57 Å². The molecule has 100 valence electrons. The molecule has 2 aromatic heterocycles. The molecule has 0 aliphatic carbocycles. The highest BCUT2D eigenvalue weighted by molar-refractivity contribution is 14.1. The molecule has 0 fully saturated rings. The van der Waals surface area contributed by atoms with Crippen molar-refractivity contribution in [1.82, 2.24) is 9.38 Å². The summed E-state index contributed by atoms with van der Waals surface area (Å²) in [5, 5.41) is 2.56. The maximum Gasteiger partial charge on any atom is 0.272 e. The van der Waals surface area contributed by atoms with Gasteiger partial charge in [0.1, 0.15) is 3.57 Å². The first-order chi connectivity index (χ1) is 9.65. The first kappa shape index (κ1) is 13.8. The van der Waals surface area contributed by atoms with Gasteiger partial charge in [-0.2, -0.15) is 0 Å². The monoisotopic (exact) mass is 414 g/mol. The predicted molar refractivity (Wildman–Crippen MR) is 92.4 cm³/mol. The van der Waals surface area contributed by atoms with Gasteiger partial charge in [-0.05, 0) is 46.4 Å². The molecule has 0 bridgehead atoms. The summed E-state index contributed by atoms with van der Waals surface area (Å²) >= 11 is 9.33. The quantitative estimate of drug-likeness (QED) is 0.590. The van der Waals surface area contributed by atoms with Crippen molar-refractivity contribution < 1.29 is 0 Å². The van der Waals surface area contributed by atoms with Crippen LogP contribution in [0.15, 0.2) is 40.6 Å². The van der Waals surface area contributed by atoms with Crippen molar-refractivity contribution in [3.05, 3.63) is 66.0 Å². The third-order valence-corrected chi connectivity index (χ3v) is 4.76. The Morgan fingerprint density at radius 3 is 2.75 bits per heavy atom. The zero-order chi connectivity index (χ0) is 14.1. The Hall–Kier alpha value is -1.18. The lowest BCUT2D eigenvalue weighted by atomic mass is 10.2. The molecule has 0 unspecified atom stereocenters. The Labute approximate surface area is 137 Å². The zero-order valence-electron chi connectivity index (χ0n) is 10.1. The van der Waals surface area contributed by atoms with E-state index in [9.17, 15) is 4.79 Å². The number of aromatic nitrogens is 2. The van der Waals surface area contributed by atoms with Crippen LogP contribution in [-0.2, 0) is 0 Å². The summed E-state index contributed by atoms with van der Waals surface area (Å²) in [7, 11) is 0. The smallest absolute Gasteiger partial charge is 0.268 e. The molecule has 0 N–H and O–H groups in total. The van der Waals surface area contributed by atoms with Crippen LogP contribution in [0.1, 0.15) is 11.3 Å². The molecule has 0 saturated heterocycles. The fourth-order valence-corrected chi connectivity index (χ4v) is 3.13. The van der Waals surface area contributed by atoms with E-state index in [1.54, 1.807) is 10.6 Å². The van der Waals surface area contributed by atoms with Crippen molar-refractivity contribution in [2.75, 3.05) is 0 Å². The van der Waals surface area contributed by atoms with Gasteiger partial charge in [0, 0.05) is 16.6 Å². The SMILES string of the molecule is O=c1c(I)c(C=Cc2ccc(Cl)cc2)nc2sccn12. The molecule has 0 aliphatic rings. The second-order valence-electron chi connectivity index (χ2n) is 4.06. The molecule has 3 aromatic rings. The number of hydrogen-bond acceptors (Lipinski definition) is 3.